The number of alkyl halides is 2. The second kappa shape index (κ2) is 8.26. The first-order chi connectivity index (χ1) is 15.1. The SMILES string of the molecule is CCOC(=O)c1nn(-c2ccc(Cl)cc2Cl)c2c1C(C)(C)Oc1cc(OC(F)F)ccc1-2. The molecule has 0 amide bonds. The standard InChI is InChI=1S/C22H18Cl2F2N2O4/c1-4-30-20(29)18-17-19(28(27-18)15-8-5-11(23)9-14(15)24)13-7-6-12(31-21(25)26)10-16(13)32-22(17,2)3/h5-10,21H,4H2,1-3H3. The minimum Gasteiger partial charge on any atom is -0.482 e. The van der Waals surface area contributed by atoms with Gasteiger partial charge >= 0.3 is 12.6 Å². The van der Waals surface area contributed by atoms with E-state index in [0.29, 0.717) is 38.3 Å². The number of carbonyl (C=O) groups excluding carboxylic acids is 1. The summed E-state index contributed by atoms with van der Waals surface area (Å²) in [4.78, 5) is 12.8. The van der Waals surface area contributed by atoms with Gasteiger partial charge in [0.1, 0.15) is 17.1 Å². The number of fused-ring (bicyclic) bond motifs is 3. The fourth-order valence-corrected chi connectivity index (χ4v) is 4.18. The van der Waals surface area contributed by atoms with Gasteiger partial charge in [-0.1, -0.05) is 23.2 Å². The third kappa shape index (κ3) is 3.89. The third-order valence-electron chi connectivity index (χ3n) is 4.89. The Morgan fingerprint density at radius 2 is 1.97 bits per heavy atom. The first kappa shape index (κ1) is 22.4. The molecule has 32 heavy (non-hydrogen) atoms. The van der Waals surface area contributed by atoms with Crippen molar-refractivity contribution in [3.63, 3.8) is 0 Å². The van der Waals surface area contributed by atoms with Gasteiger partial charge in [-0.2, -0.15) is 13.9 Å². The Balaban J connectivity index is 2.01. The zero-order valence-corrected chi connectivity index (χ0v) is 18.8. The fourth-order valence-electron chi connectivity index (χ4n) is 3.69. The maximum Gasteiger partial charge on any atom is 0.387 e. The number of nitrogens with zero attached hydrogens (tertiary/aromatic N) is 2. The lowest BCUT2D eigenvalue weighted by Crippen LogP contribution is -2.31. The van der Waals surface area contributed by atoms with Gasteiger partial charge in [-0.15, -0.1) is 0 Å². The molecule has 0 radical (unpaired) electrons. The maximum atomic E-state index is 12.8. The summed E-state index contributed by atoms with van der Waals surface area (Å²) in [6.45, 7) is 2.36. The first-order valence-electron chi connectivity index (χ1n) is 9.66. The van der Waals surface area contributed by atoms with Gasteiger partial charge in [-0.3, -0.25) is 0 Å². The van der Waals surface area contributed by atoms with Crippen LogP contribution in [0.25, 0.3) is 16.9 Å². The normalized spacial score (nSPS) is 13.9. The molecule has 0 bridgehead atoms. The van der Waals surface area contributed by atoms with E-state index < -0.39 is 18.2 Å². The molecule has 0 saturated carbocycles. The number of esters is 1. The van der Waals surface area contributed by atoms with Crippen molar-refractivity contribution in [3.05, 3.63) is 57.7 Å². The van der Waals surface area contributed by atoms with Gasteiger partial charge in [-0.25, -0.2) is 9.48 Å². The van der Waals surface area contributed by atoms with Crippen LogP contribution in [0.5, 0.6) is 11.5 Å². The molecule has 10 heteroatoms. The molecule has 0 unspecified atom stereocenters. The van der Waals surface area contributed by atoms with Crippen molar-refractivity contribution in [3.8, 4) is 28.4 Å². The molecule has 2 heterocycles. The van der Waals surface area contributed by atoms with Crippen molar-refractivity contribution in [1.82, 2.24) is 9.78 Å². The lowest BCUT2D eigenvalue weighted by Gasteiger charge is -2.33. The average Bonchev–Trinajstić information content (AvgIpc) is 3.09. The summed E-state index contributed by atoms with van der Waals surface area (Å²) >= 11 is 12.5. The summed E-state index contributed by atoms with van der Waals surface area (Å²) in [5, 5.41) is 5.26. The van der Waals surface area contributed by atoms with Gasteiger partial charge in [0.15, 0.2) is 5.69 Å². The minimum atomic E-state index is -2.98. The zero-order valence-electron chi connectivity index (χ0n) is 17.3. The minimum absolute atomic E-state index is 0.0563. The third-order valence-corrected chi connectivity index (χ3v) is 5.43. The highest BCUT2D eigenvalue weighted by Gasteiger charge is 2.42. The van der Waals surface area contributed by atoms with E-state index in [1.165, 1.54) is 16.8 Å². The molecule has 1 aliphatic heterocycles. The van der Waals surface area contributed by atoms with E-state index in [2.05, 4.69) is 9.84 Å². The zero-order chi connectivity index (χ0) is 23.2. The van der Waals surface area contributed by atoms with Crippen LogP contribution in [0.1, 0.15) is 36.8 Å². The van der Waals surface area contributed by atoms with Crippen molar-refractivity contribution in [2.75, 3.05) is 6.61 Å². The van der Waals surface area contributed by atoms with Gasteiger partial charge in [0, 0.05) is 16.7 Å². The monoisotopic (exact) mass is 482 g/mol. The highest BCUT2D eigenvalue weighted by atomic mass is 35.5. The molecular formula is C22H18Cl2F2N2O4. The van der Waals surface area contributed by atoms with E-state index in [0.717, 1.165) is 0 Å². The molecule has 0 saturated heterocycles. The molecule has 0 N–H and O–H groups in total. The van der Waals surface area contributed by atoms with E-state index in [1.807, 2.05) is 0 Å². The topological polar surface area (TPSA) is 62.6 Å². The fraction of sp³-hybridized carbons (Fsp3) is 0.273. The molecule has 0 fully saturated rings. The summed E-state index contributed by atoms with van der Waals surface area (Å²) in [7, 11) is 0. The number of carbonyl (C=O) groups is 1. The van der Waals surface area contributed by atoms with Crippen LogP contribution in [0.4, 0.5) is 8.78 Å². The second-order valence-electron chi connectivity index (χ2n) is 7.45. The molecule has 0 aliphatic carbocycles. The number of halogens is 4. The van der Waals surface area contributed by atoms with E-state index >= 15 is 0 Å². The Kier molecular flexibility index (Phi) is 5.77. The van der Waals surface area contributed by atoms with Crippen molar-refractivity contribution >= 4 is 29.2 Å². The lowest BCUT2D eigenvalue weighted by atomic mass is 9.89. The molecular weight excluding hydrogens is 465 g/mol. The van der Waals surface area contributed by atoms with Crippen molar-refractivity contribution in [1.29, 1.82) is 0 Å². The highest BCUT2D eigenvalue weighted by Crippen LogP contribution is 2.49. The van der Waals surface area contributed by atoms with Gasteiger partial charge in [0.2, 0.25) is 0 Å². The molecule has 0 atom stereocenters. The molecule has 1 aliphatic rings. The van der Waals surface area contributed by atoms with Crippen molar-refractivity contribution in [2.24, 2.45) is 0 Å². The van der Waals surface area contributed by atoms with E-state index in [1.54, 1.807) is 45.0 Å². The Morgan fingerprint density at radius 1 is 1.22 bits per heavy atom. The van der Waals surface area contributed by atoms with Crippen LogP contribution in [-0.2, 0) is 10.3 Å². The number of rotatable bonds is 5. The molecule has 3 aromatic rings. The number of hydrogen-bond acceptors (Lipinski definition) is 5. The van der Waals surface area contributed by atoms with Crippen LogP contribution in [0.3, 0.4) is 0 Å². The average molecular weight is 483 g/mol. The second-order valence-corrected chi connectivity index (χ2v) is 8.29. The summed E-state index contributed by atoms with van der Waals surface area (Å²) in [6, 6.07) is 9.20. The number of benzene rings is 2. The number of aromatic nitrogens is 2. The highest BCUT2D eigenvalue weighted by molar-refractivity contribution is 6.35. The van der Waals surface area contributed by atoms with Crippen molar-refractivity contribution < 1.29 is 27.8 Å². The summed E-state index contributed by atoms with van der Waals surface area (Å²) in [5.41, 5.74) is 1.01. The van der Waals surface area contributed by atoms with Crippen LogP contribution < -0.4 is 9.47 Å². The van der Waals surface area contributed by atoms with Crippen LogP contribution in [0.2, 0.25) is 10.0 Å². The van der Waals surface area contributed by atoms with E-state index in [9.17, 15) is 13.6 Å². The van der Waals surface area contributed by atoms with Gasteiger partial charge < -0.3 is 14.2 Å². The number of ether oxygens (including phenoxy) is 3. The van der Waals surface area contributed by atoms with E-state index in [-0.39, 0.29) is 18.1 Å². The molecule has 4 rings (SSSR count). The molecule has 2 aromatic carbocycles. The Labute approximate surface area is 192 Å². The Hall–Kier alpha value is -2.84. The summed E-state index contributed by atoms with van der Waals surface area (Å²) in [6.07, 6.45) is 0. The Bertz CT molecular complexity index is 1210. The molecule has 0 spiro atoms. The summed E-state index contributed by atoms with van der Waals surface area (Å²) in [5.74, 6) is -0.383. The largest absolute Gasteiger partial charge is 0.482 e. The maximum absolute atomic E-state index is 12.8. The van der Waals surface area contributed by atoms with Crippen LogP contribution in [0.15, 0.2) is 36.4 Å². The molecule has 1 aromatic heterocycles. The Morgan fingerprint density at radius 3 is 2.62 bits per heavy atom. The van der Waals surface area contributed by atoms with Crippen LogP contribution >= 0.6 is 23.2 Å². The van der Waals surface area contributed by atoms with Crippen LogP contribution in [0, 0.1) is 0 Å². The predicted molar refractivity (Wildman–Crippen MR) is 115 cm³/mol. The quantitative estimate of drug-likeness (QED) is 0.402. The summed E-state index contributed by atoms with van der Waals surface area (Å²) < 4.78 is 42.8. The van der Waals surface area contributed by atoms with Crippen LogP contribution in [-0.4, -0.2) is 29.0 Å². The van der Waals surface area contributed by atoms with Gasteiger partial charge in [0.05, 0.1) is 28.6 Å². The number of hydrogen-bond donors (Lipinski definition) is 0. The lowest BCUT2D eigenvalue weighted by molar-refractivity contribution is -0.0500. The molecule has 6 nitrogen and oxygen atoms in total. The van der Waals surface area contributed by atoms with Gasteiger partial charge in [0.25, 0.3) is 0 Å². The van der Waals surface area contributed by atoms with Crippen molar-refractivity contribution in [2.45, 2.75) is 33.0 Å². The molecule has 168 valence electrons. The smallest absolute Gasteiger partial charge is 0.387 e. The predicted octanol–water partition coefficient (Wildman–Crippen LogP) is 6.25. The first-order valence-corrected chi connectivity index (χ1v) is 10.4. The van der Waals surface area contributed by atoms with E-state index in [4.69, 9.17) is 32.7 Å². The van der Waals surface area contributed by atoms with Gasteiger partial charge in [-0.05, 0) is 51.1 Å².